The van der Waals surface area contributed by atoms with E-state index >= 15 is 0 Å². The number of rotatable bonds is 2. The van der Waals surface area contributed by atoms with Gasteiger partial charge < -0.3 is 10.1 Å². The fraction of sp³-hybridized carbons (Fsp3) is 0.800. The van der Waals surface area contributed by atoms with Crippen LogP contribution in [0.5, 0.6) is 0 Å². The van der Waals surface area contributed by atoms with Crippen LogP contribution in [-0.2, 0) is 9.53 Å². The zero-order chi connectivity index (χ0) is 7.28. The van der Waals surface area contributed by atoms with Gasteiger partial charge in [0.25, 0.3) is 0 Å². The van der Waals surface area contributed by atoms with E-state index in [1.807, 2.05) is 0 Å². The van der Waals surface area contributed by atoms with Gasteiger partial charge in [-0.25, -0.2) is 0 Å². The van der Waals surface area contributed by atoms with Crippen LogP contribution < -0.4 is 5.32 Å². The van der Waals surface area contributed by atoms with Crippen LogP contribution in [0.25, 0.3) is 0 Å². The van der Waals surface area contributed by atoms with Gasteiger partial charge in [-0.2, -0.15) is 0 Å². The van der Waals surface area contributed by atoms with Crippen LogP contribution in [0, 0.1) is 0 Å². The van der Waals surface area contributed by atoms with Crippen molar-refractivity contribution in [1.29, 1.82) is 0 Å². The monoisotopic (exact) mass is 154 g/mol. The highest BCUT2D eigenvalue weighted by Gasteiger charge is 2.07. The molecule has 0 aromatic heterocycles. The molecular weight excluding hydrogens is 142 g/mol. The minimum atomic E-state index is -0.368. The predicted molar refractivity (Wildman–Crippen MR) is 37.8 cm³/mol. The Morgan fingerprint density at radius 2 is 2.44 bits per heavy atom. The first-order valence-corrected chi connectivity index (χ1v) is 2.32. The number of ether oxygens (including phenoxy) is 1. The molecule has 0 aromatic carbocycles. The molecule has 0 aromatic rings. The number of carbonyl (C=O) groups excluding carboxylic acids is 1. The second kappa shape index (κ2) is 5.85. The quantitative estimate of drug-likeness (QED) is 0.578. The lowest BCUT2D eigenvalue weighted by Gasteiger charge is -2.04. The van der Waals surface area contributed by atoms with E-state index in [4.69, 9.17) is 1.37 Å². The summed E-state index contributed by atoms with van der Waals surface area (Å²) in [4.78, 5) is 10.5. The number of esters is 1. The molecule has 0 unspecified atom stereocenters. The van der Waals surface area contributed by atoms with E-state index in [1.165, 1.54) is 7.11 Å². The van der Waals surface area contributed by atoms with Gasteiger partial charge in [0.05, 0.1) is 7.11 Å². The maximum atomic E-state index is 10.5. The molecule has 0 spiro atoms. The Hall–Kier alpha value is -0.280. The van der Waals surface area contributed by atoms with Crippen LogP contribution in [0.1, 0.15) is 8.29 Å². The predicted octanol–water partition coefficient (Wildman–Crippen LogP) is 0.189. The molecule has 0 rings (SSSR count). The van der Waals surface area contributed by atoms with Crippen molar-refractivity contribution in [3.8, 4) is 0 Å². The summed E-state index contributed by atoms with van der Waals surface area (Å²) in [5.74, 6) is -0.331. The topological polar surface area (TPSA) is 38.3 Å². The summed E-state index contributed by atoms with van der Waals surface area (Å²) < 4.78 is 11.1. The van der Waals surface area contributed by atoms with E-state index in [0.29, 0.717) is 0 Å². The minimum Gasteiger partial charge on any atom is -0.468 e. The van der Waals surface area contributed by atoms with E-state index in [-0.39, 0.29) is 31.4 Å². The Labute approximate surface area is 62.6 Å². The molecule has 0 saturated heterocycles. The van der Waals surface area contributed by atoms with Crippen molar-refractivity contribution in [1.82, 2.24) is 5.32 Å². The van der Waals surface area contributed by atoms with Crippen LogP contribution >= 0.6 is 12.4 Å². The Kier molecular flexibility index (Phi) is 5.67. The number of halogens is 1. The van der Waals surface area contributed by atoms with Crippen molar-refractivity contribution in [2.75, 3.05) is 14.1 Å². The van der Waals surface area contributed by atoms with Gasteiger partial charge in [0.2, 0.25) is 0 Å². The maximum absolute atomic E-state index is 10.5. The van der Waals surface area contributed by atoms with Crippen molar-refractivity contribution in [3.63, 3.8) is 0 Å². The number of nitrogens with one attached hydrogen (secondary N) is 1. The first kappa shape index (κ1) is 8.72. The molecule has 56 valence electrons. The van der Waals surface area contributed by atoms with Crippen molar-refractivity contribution in [3.05, 3.63) is 0 Å². The Balaban J connectivity index is 0. The average Bonchev–Trinajstić information content (AvgIpc) is 1.87. The summed E-state index contributed by atoms with van der Waals surface area (Å²) in [5.41, 5.74) is 0. The number of carbonyl (C=O) groups is 1. The fourth-order valence-corrected chi connectivity index (χ4v) is 0.260. The van der Waals surface area contributed by atoms with Crippen LogP contribution in [0.15, 0.2) is 0 Å². The molecule has 9 heavy (non-hydrogen) atoms. The molecule has 1 N–H and O–H groups in total. The zero-order valence-electron chi connectivity index (χ0n) is 6.51. The van der Waals surface area contributed by atoms with Gasteiger partial charge >= 0.3 is 5.97 Å². The van der Waals surface area contributed by atoms with Crippen LogP contribution in [-0.4, -0.2) is 26.1 Å². The highest BCUT2D eigenvalue weighted by molar-refractivity contribution is 5.85. The largest absolute Gasteiger partial charge is 0.468 e. The fourth-order valence-electron chi connectivity index (χ4n) is 0.260. The third kappa shape index (κ3) is 4.24. The SMILES string of the molecule is Cl.[2H]CN[C@@H](C)C(=O)OC. The van der Waals surface area contributed by atoms with Gasteiger partial charge in [0.1, 0.15) is 6.04 Å². The number of likely N-dealkylation sites (N-methyl/N-ethyl adjacent to an activating group) is 1. The normalized spacial score (nSPS) is 12.9. The maximum Gasteiger partial charge on any atom is 0.322 e. The van der Waals surface area contributed by atoms with E-state index in [1.54, 1.807) is 6.92 Å². The van der Waals surface area contributed by atoms with Gasteiger partial charge in [0.15, 0.2) is 0 Å². The van der Waals surface area contributed by atoms with E-state index < -0.39 is 0 Å². The third-order valence-electron chi connectivity index (χ3n) is 0.861. The highest BCUT2D eigenvalue weighted by Crippen LogP contribution is 1.81. The summed E-state index contributed by atoms with van der Waals surface area (Å²) in [7, 11) is 1.36. The van der Waals surface area contributed by atoms with E-state index in [0.717, 1.165) is 0 Å². The van der Waals surface area contributed by atoms with Crippen LogP contribution in [0.2, 0.25) is 0 Å². The smallest absolute Gasteiger partial charge is 0.322 e. The first-order valence-electron chi connectivity index (χ1n) is 3.03. The molecule has 0 radical (unpaired) electrons. The molecule has 0 fully saturated rings. The van der Waals surface area contributed by atoms with Crippen LogP contribution in [0.3, 0.4) is 0 Å². The molecule has 4 heteroatoms. The second-order valence-electron chi connectivity index (χ2n) is 1.45. The standard InChI is InChI=1S/C5H11NO2.ClH/c1-4(6-2)5(7)8-3;/h4,6H,1-3H3;1H/t4-;/m0./s1/i2D;. The lowest BCUT2D eigenvalue weighted by molar-refractivity contribution is -0.142. The third-order valence-corrected chi connectivity index (χ3v) is 0.861. The Morgan fingerprint density at radius 1 is 1.89 bits per heavy atom. The van der Waals surface area contributed by atoms with Crippen molar-refractivity contribution < 1.29 is 10.9 Å². The molecule has 0 aliphatic carbocycles. The van der Waals surface area contributed by atoms with Gasteiger partial charge in [-0.15, -0.1) is 12.4 Å². The molecule has 0 aliphatic heterocycles. The molecule has 3 nitrogen and oxygen atoms in total. The molecule has 0 aliphatic rings. The first-order chi connectivity index (χ1) is 4.22. The highest BCUT2D eigenvalue weighted by atomic mass is 35.5. The van der Waals surface area contributed by atoms with Crippen molar-refractivity contribution in [2.24, 2.45) is 0 Å². The molecule has 0 bridgehead atoms. The van der Waals surface area contributed by atoms with Gasteiger partial charge in [-0.3, -0.25) is 4.79 Å². The molecule has 0 amide bonds. The van der Waals surface area contributed by atoms with Gasteiger partial charge in [-0.1, -0.05) is 0 Å². The van der Waals surface area contributed by atoms with Gasteiger partial charge in [0, 0.05) is 1.37 Å². The molecule has 0 heterocycles. The summed E-state index contributed by atoms with van der Waals surface area (Å²) >= 11 is 0. The summed E-state index contributed by atoms with van der Waals surface area (Å²) in [6.07, 6.45) is 0. The Bertz CT molecular complexity index is 102. The molecule has 1 atom stereocenters. The summed E-state index contributed by atoms with van der Waals surface area (Å²) in [5, 5.41) is 2.59. The van der Waals surface area contributed by atoms with Crippen LogP contribution in [0.4, 0.5) is 0 Å². The van der Waals surface area contributed by atoms with E-state index in [9.17, 15) is 4.79 Å². The lowest BCUT2D eigenvalue weighted by atomic mass is 10.4. The molecular formula is C5H12ClNO2. The summed E-state index contributed by atoms with van der Waals surface area (Å²) in [6, 6.07) is -0.368. The number of methoxy groups -OCH3 is 1. The van der Waals surface area contributed by atoms with Crippen molar-refractivity contribution in [2.45, 2.75) is 13.0 Å². The number of hydrogen-bond donors (Lipinski definition) is 1. The molecule has 0 saturated carbocycles. The van der Waals surface area contributed by atoms with E-state index in [2.05, 4.69) is 10.1 Å². The average molecular weight is 155 g/mol. The number of hydrogen-bond acceptors (Lipinski definition) is 3. The van der Waals surface area contributed by atoms with Gasteiger partial charge in [-0.05, 0) is 13.9 Å². The van der Waals surface area contributed by atoms with Crippen molar-refractivity contribution >= 4 is 18.4 Å². The second-order valence-corrected chi connectivity index (χ2v) is 1.45. The summed E-state index contributed by atoms with van der Waals surface area (Å²) in [6.45, 7) is 1.65. The minimum absolute atomic E-state index is 0. The zero-order valence-corrected chi connectivity index (χ0v) is 6.33. The lowest BCUT2D eigenvalue weighted by Crippen LogP contribution is -2.31. The Morgan fingerprint density at radius 3 is 2.78 bits per heavy atom.